The number of rotatable bonds is 6. The summed E-state index contributed by atoms with van der Waals surface area (Å²) < 4.78 is 5.48. The smallest absolute Gasteiger partial charge is 0.119 e. The fraction of sp³-hybridized carbons (Fsp3) is 0.294. The van der Waals surface area contributed by atoms with Crippen LogP contribution in [0.25, 0.3) is 0 Å². The lowest BCUT2D eigenvalue weighted by Crippen LogP contribution is -2.21. The predicted molar refractivity (Wildman–Crippen MR) is 84.6 cm³/mol. The van der Waals surface area contributed by atoms with E-state index in [2.05, 4.69) is 36.5 Å². The molecule has 0 aromatic heterocycles. The van der Waals surface area contributed by atoms with Crippen LogP contribution < -0.4 is 10.1 Å². The number of hydrogen-bond acceptors (Lipinski definition) is 2. The predicted octanol–water partition coefficient (Wildman–Crippen LogP) is 4.44. The van der Waals surface area contributed by atoms with Crippen molar-refractivity contribution >= 4 is 11.6 Å². The van der Waals surface area contributed by atoms with E-state index in [9.17, 15) is 0 Å². The maximum atomic E-state index is 5.96. The summed E-state index contributed by atoms with van der Waals surface area (Å²) in [6.45, 7) is 5.69. The van der Waals surface area contributed by atoms with E-state index in [1.54, 1.807) is 0 Å². The first-order chi connectivity index (χ1) is 9.74. The summed E-state index contributed by atoms with van der Waals surface area (Å²) in [6.07, 6.45) is 0. The molecule has 0 saturated carbocycles. The third-order valence-electron chi connectivity index (χ3n) is 3.14. The first-order valence-corrected chi connectivity index (χ1v) is 7.34. The van der Waals surface area contributed by atoms with Crippen molar-refractivity contribution in [1.29, 1.82) is 0 Å². The Bertz CT molecular complexity index is 522. The summed E-state index contributed by atoms with van der Waals surface area (Å²) >= 11 is 5.96. The first-order valence-electron chi connectivity index (χ1n) is 6.96. The van der Waals surface area contributed by atoms with Crippen LogP contribution >= 0.6 is 11.6 Å². The van der Waals surface area contributed by atoms with Crippen LogP contribution in [0.1, 0.15) is 31.0 Å². The average molecular weight is 290 g/mol. The molecule has 0 bridgehead atoms. The zero-order chi connectivity index (χ0) is 14.4. The molecule has 0 heterocycles. The lowest BCUT2D eigenvalue weighted by molar-refractivity contribution is 0.340. The molecule has 0 radical (unpaired) electrons. The third kappa shape index (κ3) is 3.75. The highest BCUT2D eigenvalue weighted by molar-refractivity contribution is 6.30. The standard InChI is InChI=1S/C17H20ClNO/c1-3-19-17(13-5-9-15(18)10-6-13)14-7-11-16(12-8-14)20-4-2/h5-12,17,19H,3-4H2,1-2H3. The maximum Gasteiger partial charge on any atom is 0.119 e. The van der Waals surface area contributed by atoms with Gasteiger partial charge in [0.25, 0.3) is 0 Å². The molecular weight excluding hydrogens is 270 g/mol. The normalized spacial score (nSPS) is 12.2. The van der Waals surface area contributed by atoms with Gasteiger partial charge in [-0.2, -0.15) is 0 Å². The van der Waals surface area contributed by atoms with Gasteiger partial charge in [0, 0.05) is 5.02 Å². The van der Waals surface area contributed by atoms with Gasteiger partial charge in [0.15, 0.2) is 0 Å². The second-order valence-corrected chi connectivity index (χ2v) is 4.98. The summed E-state index contributed by atoms with van der Waals surface area (Å²) in [5, 5.41) is 4.26. The van der Waals surface area contributed by atoms with Crippen molar-refractivity contribution in [2.45, 2.75) is 19.9 Å². The highest BCUT2D eigenvalue weighted by Gasteiger charge is 2.12. The van der Waals surface area contributed by atoms with Crippen LogP contribution in [0, 0.1) is 0 Å². The minimum Gasteiger partial charge on any atom is -0.494 e. The van der Waals surface area contributed by atoms with Crippen molar-refractivity contribution in [1.82, 2.24) is 5.32 Å². The Morgan fingerprint density at radius 3 is 2.00 bits per heavy atom. The second-order valence-electron chi connectivity index (χ2n) is 4.54. The van der Waals surface area contributed by atoms with E-state index in [0.29, 0.717) is 6.61 Å². The van der Waals surface area contributed by atoms with E-state index in [0.717, 1.165) is 17.3 Å². The average Bonchev–Trinajstić information content (AvgIpc) is 2.47. The molecule has 20 heavy (non-hydrogen) atoms. The number of benzene rings is 2. The molecule has 3 heteroatoms. The molecule has 106 valence electrons. The molecule has 0 aliphatic rings. The van der Waals surface area contributed by atoms with Gasteiger partial charge in [-0.05, 0) is 48.9 Å². The Labute approximate surface area is 125 Å². The van der Waals surface area contributed by atoms with Crippen molar-refractivity contribution in [2.24, 2.45) is 0 Å². The number of ether oxygens (including phenoxy) is 1. The SMILES string of the molecule is CCNC(c1ccc(Cl)cc1)c1ccc(OCC)cc1. The van der Waals surface area contributed by atoms with Gasteiger partial charge in [-0.15, -0.1) is 0 Å². The van der Waals surface area contributed by atoms with Crippen LogP contribution in [0.2, 0.25) is 5.02 Å². The van der Waals surface area contributed by atoms with Gasteiger partial charge < -0.3 is 10.1 Å². The van der Waals surface area contributed by atoms with Crippen LogP contribution in [0.5, 0.6) is 5.75 Å². The van der Waals surface area contributed by atoms with E-state index >= 15 is 0 Å². The molecule has 2 nitrogen and oxygen atoms in total. The molecule has 0 saturated heterocycles. The summed E-state index contributed by atoms with van der Waals surface area (Å²) in [6, 6.07) is 16.4. The topological polar surface area (TPSA) is 21.3 Å². The molecule has 1 N–H and O–H groups in total. The lowest BCUT2D eigenvalue weighted by Gasteiger charge is -2.19. The van der Waals surface area contributed by atoms with Crippen LogP contribution in [-0.4, -0.2) is 13.2 Å². The van der Waals surface area contributed by atoms with Crippen molar-refractivity contribution in [3.8, 4) is 5.75 Å². The quantitative estimate of drug-likeness (QED) is 0.849. The number of nitrogens with one attached hydrogen (secondary N) is 1. The van der Waals surface area contributed by atoms with E-state index in [1.165, 1.54) is 11.1 Å². The molecule has 2 aromatic rings. The number of halogens is 1. The van der Waals surface area contributed by atoms with Crippen molar-refractivity contribution in [3.05, 3.63) is 64.7 Å². The minimum absolute atomic E-state index is 0.174. The molecule has 1 unspecified atom stereocenters. The van der Waals surface area contributed by atoms with Crippen molar-refractivity contribution in [3.63, 3.8) is 0 Å². The zero-order valence-electron chi connectivity index (χ0n) is 11.9. The highest BCUT2D eigenvalue weighted by Crippen LogP contribution is 2.25. The van der Waals surface area contributed by atoms with Crippen LogP contribution in [-0.2, 0) is 0 Å². The molecule has 0 fully saturated rings. The van der Waals surface area contributed by atoms with Crippen LogP contribution in [0.15, 0.2) is 48.5 Å². The minimum atomic E-state index is 0.174. The van der Waals surface area contributed by atoms with Crippen molar-refractivity contribution < 1.29 is 4.74 Å². The van der Waals surface area contributed by atoms with Gasteiger partial charge in [-0.3, -0.25) is 0 Å². The Kier molecular flexibility index (Phi) is 5.45. The Morgan fingerprint density at radius 2 is 1.50 bits per heavy atom. The third-order valence-corrected chi connectivity index (χ3v) is 3.39. The summed E-state index contributed by atoms with van der Waals surface area (Å²) in [5.41, 5.74) is 2.43. The fourth-order valence-corrected chi connectivity index (χ4v) is 2.34. The molecular formula is C17H20ClNO. The Morgan fingerprint density at radius 1 is 0.950 bits per heavy atom. The second kappa shape index (κ2) is 7.32. The Hall–Kier alpha value is -1.51. The molecule has 1 atom stereocenters. The fourth-order valence-electron chi connectivity index (χ4n) is 2.21. The van der Waals surface area contributed by atoms with E-state index < -0.39 is 0 Å². The largest absolute Gasteiger partial charge is 0.494 e. The zero-order valence-corrected chi connectivity index (χ0v) is 12.7. The van der Waals surface area contributed by atoms with Gasteiger partial charge in [-0.1, -0.05) is 42.8 Å². The van der Waals surface area contributed by atoms with Crippen LogP contribution in [0.4, 0.5) is 0 Å². The first kappa shape index (κ1) is 14.9. The summed E-state index contributed by atoms with van der Waals surface area (Å²) in [7, 11) is 0. The molecule has 2 aromatic carbocycles. The lowest BCUT2D eigenvalue weighted by atomic mass is 9.98. The molecule has 0 aliphatic carbocycles. The maximum absolute atomic E-state index is 5.96. The van der Waals surface area contributed by atoms with Gasteiger partial charge >= 0.3 is 0 Å². The summed E-state index contributed by atoms with van der Waals surface area (Å²) in [4.78, 5) is 0. The molecule has 0 spiro atoms. The molecule has 0 amide bonds. The Balaban J connectivity index is 2.25. The van der Waals surface area contributed by atoms with Gasteiger partial charge in [0.05, 0.1) is 12.6 Å². The van der Waals surface area contributed by atoms with Crippen molar-refractivity contribution in [2.75, 3.05) is 13.2 Å². The van der Waals surface area contributed by atoms with Gasteiger partial charge in [0.2, 0.25) is 0 Å². The van der Waals surface area contributed by atoms with Gasteiger partial charge in [0.1, 0.15) is 5.75 Å². The van der Waals surface area contributed by atoms with E-state index in [1.807, 2.05) is 31.2 Å². The molecule has 0 aliphatic heterocycles. The number of hydrogen-bond donors (Lipinski definition) is 1. The monoisotopic (exact) mass is 289 g/mol. The summed E-state index contributed by atoms with van der Waals surface area (Å²) in [5.74, 6) is 0.905. The van der Waals surface area contributed by atoms with E-state index in [-0.39, 0.29) is 6.04 Å². The van der Waals surface area contributed by atoms with Gasteiger partial charge in [-0.25, -0.2) is 0 Å². The molecule has 2 rings (SSSR count). The van der Waals surface area contributed by atoms with Crippen LogP contribution in [0.3, 0.4) is 0 Å². The van der Waals surface area contributed by atoms with E-state index in [4.69, 9.17) is 16.3 Å². The highest BCUT2D eigenvalue weighted by atomic mass is 35.5.